The molecule has 2 aliphatic heterocycles. The molecule has 1 amide bonds. The topological polar surface area (TPSA) is 71.0 Å². The summed E-state index contributed by atoms with van der Waals surface area (Å²) in [7, 11) is 0. The van der Waals surface area contributed by atoms with E-state index in [-0.39, 0.29) is 24.7 Å². The van der Waals surface area contributed by atoms with Crippen LogP contribution in [0.3, 0.4) is 0 Å². The van der Waals surface area contributed by atoms with Gasteiger partial charge in [0.2, 0.25) is 0 Å². The molecule has 2 aromatic rings. The largest absolute Gasteiger partial charge is 0.392 e. The van der Waals surface area contributed by atoms with Crippen molar-refractivity contribution in [1.82, 2.24) is 4.90 Å². The lowest BCUT2D eigenvalue weighted by molar-refractivity contribution is -0.276. The maximum atomic E-state index is 12.0. The van der Waals surface area contributed by atoms with Crippen LogP contribution in [-0.2, 0) is 20.9 Å². The number of alkyl halides is 3. The molecule has 2 aromatic carbocycles. The van der Waals surface area contributed by atoms with Crippen LogP contribution in [0.4, 0.5) is 5.69 Å². The minimum atomic E-state index is -2.04. The third kappa shape index (κ3) is 7.82. The Bertz CT molecular complexity index is 1010. The van der Waals surface area contributed by atoms with E-state index in [1.165, 1.54) is 32.1 Å². The van der Waals surface area contributed by atoms with Gasteiger partial charge in [-0.1, -0.05) is 97.4 Å². The van der Waals surface area contributed by atoms with Crippen molar-refractivity contribution in [3.8, 4) is 0 Å². The number of hydrogen-bond donors (Lipinski definition) is 2. The van der Waals surface area contributed by atoms with Crippen LogP contribution in [0.1, 0.15) is 68.1 Å². The Labute approximate surface area is 234 Å². The third-order valence-corrected chi connectivity index (χ3v) is 7.72. The second kappa shape index (κ2) is 13.1. The molecule has 0 spiro atoms. The van der Waals surface area contributed by atoms with E-state index in [2.05, 4.69) is 17.1 Å². The average Bonchev–Trinajstić information content (AvgIpc) is 2.86. The van der Waals surface area contributed by atoms with E-state index in [9.17, 15) is 9.90 Å². The molecule has 0 aromatic heterocycles. The lowest BCUT2D eigenvalue weighted by Gasteiger charge is -2.43. The molecule has 2 saturated heterocycles. The summed E-state index contributed by atoms with van der Waals surface area (Å²) in [4.78, 5) is 14.5. The molecule has 9 heteroatoms. The molecule has 0 aliphatic carbocycles. The quantitative estimate of drug-likeness (QED) is 0.386. The van der Waals surface area contributed by atoms with Gasteiger partial charge in [0.15, 0.2) is 6.29 Å². The number of hydrogen-bond acceptors (Lipinski definition) is 5. The second-order valence-electron chi connectivity index (χ2n) is 9.96. The Balaban J connectivity index is 1.54. The molecule has 4 rings (SSSR count). The predicted octanol–water partition coefficient (Wildman–Crippen LogP) is 6.55. The van der Waals surface area contributed by atoms with Gasteiger partial charge in [-0.2, -0.15) is 0 Å². The average molecular weight is 570 g/mol. The van der Waals surface area contributed by atoms with Gasteiger partial charge in [-0.25, -0.2) is 0 Å². The van der Waals surface area contributed by atoms with Gasteiger partial charge in [0, 0.05) is 23.7 Å². The zero-order chi connectivity index (χ0) is 26.4. The number of halogens is 3. The van der Waals surface area contributed by atoms with E-state index in [1.54, 1.807) is 12.1 Å². The standard InChI is InChI=1S/C28H35Cl3N2O4/c1-19-24(17-33-15-5-3-2-4-6-16-33)36-26(37-25(19)21-9-7-20(18-34)8-10-21)22-11-13-23(14-12-22)32-27(35)28(29,30)31/h7-14,19,24-26,34H,2-6,15-18H2,1H3,(H,32,35)/t19-,24+,25+,26+/m1/s1. The Kier molecular flexibility index (Phi) is 10.1. The highest BCUT2D eigenvalue weighted by Gasteiger charge is 2.39. The summed E-state index contributed by atoms with van der Waals surface area (Å²) in [5, 5.41) is 12.1. The van der Waals surface area contributed by atoms with Crippen LogP contribution < -0.4 is 5.32 Å². The van der Waals surface area contributed by atoms with Crippen LogP contribution in [0, 0.1) is 5.92 Å². The molecule has 2 heterocycles. The van der Waals surface area contributed by atoms with Crippen molar-refractivity contribution >= 4 is 46.4 Å². The number of rotatable bonds is 6. The van der Waals surface area contributed by atoms with Gasteiger partial charge in [-0.3, -0.25) is 4.79 Å². The van der Waals surface area contributed by atoms with Crippen LogP contribution >= 0.6 is 34.8 Å². The van der Waals surface area contributed by atoms with Crippen LogP contribution in [-0.4, -0.2) is 45.4 Å². The number of likely N-dealkylation sites (tertiary alicyclic amines) is 1. The molecule has 4 atom stereocenters. The lowest BCUT2D eigenvalue weighted by Crippen LogP contribution is -2.45. The minimum absolute atomic E-state index is 0.00580. The molecular weight excluding hydrogens is 535 g/mol. The van der Waals surface area contributed by atoms with Gasteiger partial charge >= 0.3 is 0 Å². The van der Waals surface area contributed by atoms with Crippen molar-refractivity contribution in [1.29, 1.82) is 0 Å². The fourth-order valence-corrected chi connectivity index (χ4v) is 5.15. The van der Waals surface area contributed by atoms with Crippen molar-refractivity contribution in [3.63, 3.8) is 0 Å². The molecule has 2 aliphatic rings. The molecule has 37 heavy (non-hydrogen) atoms. The van der Waals surface area contributed by atoms with E-state index in [1.807, 2.05) is 36.4 Å². The van der Waals surface area contributed by atoms with E-state index in [4.69, 9.17) is 44.3 Å². The van der Waals surface area contributed by atoms with Crippen LogP contribution in [0.2, 0.25) is 0 Å². The maximum absolute atomic E-state index is 12.0. The summed E-state index contributed by atoms with van der Waals surface area (Å²) in [6.07, 6.45) is 5.55. The van der Waals surface area contributed by atoms with E-state index in [0.29, 0.717) is 5.69 Å². The van der Waals surface area contributed by atoms with E-state index in [0.717, 1.165) is 36.3 Å². The van der Waals surface area contributed by atoms with Crippen molar-refractivity contribution < 1.29 is 19.4 Å². The van der Waals surface area contributed by atoms with Gasteiger partial charge in [-0.05, 0) is 49.2 Å². The number of amides is 1. The molecule has 0 unspecified atom stereocenters. The monoisotopic (exact) mass is 568 g/mol. The molecule has 0 saturated carbocycles. The fraction of sp³-hybridized carbons (Fsp3) is 0.536. The number of benzene rings is 2. The molecule has 0 bridgehead atoms. The second-order valence-corrected chi connectivity index (χ2v) is 12.2. The predicted molar refractivity (Wildman–Crippen MR) is 148 cm³/mol. The zero-order valence-electron chi connectivity index (χ0n) is 21.0. The van der Waals surface area contributed by atoms with Crippen molar-refractivity contribution in [2.24, 2.45) is 5.92 Å². The number of nitrogens with one attached hydrogen (secondary N) is 1. The summed E-state index contributed by atoms with van der Waals surface area (Å²) < 4.78 is 11.1. The SMILES string of the molecule is C[C@@H]1[C@H](CN2CCCCCCC2)O[C@H](c2ccc(NC(=O)C(Cl)(Cl)Cl)cc2)O[C@@H]1c1ccc(CO)cc1. The summed E-state index contributed by atoms with van der Waals surface area (Å²) in [5.41, 5.74) is 3.28. The number of ether oxygens (including phenoxy) is 2. The van der Waals surface area contributed by atoms with Crippen molar-refractivity contribution in [3.05, 3.63) is 65.2 Å². The number of aliphatic hydroxyl groups is 1. The minimum Gasteiger partial charge on any atom is -0.392 e. The Hall–Kier alpha value is -1.38. The normalized spacial score (nSPS) is 25.8. The van der Waals surface area contributed by atoms with Crippen molar-refractivity contribution in [2.45, 2.75) is 67.9 Å². The lowest BCUT2D eigenvalue weighted by atomic mass is 9.89. The van der Waals surface area contributed by atoms with E-state index < -0.39 is 16.0 Å². The summed E-state index contributed by atoms with van der Waals surface area (Å²) in [6, 6.07) is 15.1. The Morgan fingerprint density at radius 3 is 2.14 bits per heavy atom. The zero-order valence-corrected chi connectivity index (χ0v) is 23.3. The Morgan fingerprint density at radius 1 is 0.946 bits per heavy atom. The number of aliphatic hydroxyl groups excluding tert-OH is 1. The number of nitrogens with zero attached hydrogens (tertiary/aromatic N) is 1. The highest BCUT2D eigenvalue weighted by molar-refractivity contribution is 6.76. The first-order valence-corrected chi connectivity index (χ1v) is 14.1. The summed E-state index contributed by atoms with van der Waals surface area (Å²) in [6.45, 7) is 5.22. The van der Waals surface area contributed by atoms with Gasteiger partial charge in [0.1, 0.15) is 0 Å². The van der Waals surface area contributed by atoms with Gasteiger partial charge < -0.3 is 24.8 Å². The smallest absolute Gasteiger partial charge is 0.276 e. The molecule has 2 fully saturated rings. The van der Waals surface area contributed by atoms with Crippen molar-refractivity contribution in [2.75, 3.05) is 25.0 Å². The molecule has 2 N–H and O–H groups in total. The van der Waals surface area contributed by atoms with Crippen LogP contribution in [0.15, 0.2) is 48.5 Å². The number of anilines is 1. The first kappa shape index (κ1) is 28.6. The summed E-state index contributed by atoms with van der Waals surface area (Å²) in [5.74, 6) is -0.589. The molecule has 6 nitrogen and oxygen atoms in total. The molecular formula is C28H35Cl3N2O4. The fourth-order valence-electron chi connectivity index (χ4n) is 5.00. The van der Waals surface area contributed by atoms with Crippen LogP contribution in [0.5, 0.6) is 0 Å². The van der Waals surface area contributed by atoms with Gasteiger partial charge in [0.05, 0.1) is 18.8 Å². The number of carbonyl (C=O) groups is 1. The van der Waals surface area contributed by atoms with Crippen LogP contribution in [0.25, 0.3) is 0 Å². The highest BCUT2D eigenvalue weighted by atomic mass is 35.6. The van der Waals surface area contributed by atoms with Gasteiger partial charge in [0.25, 0.3) is 9.70 Å². The molecule has 0 radical (unpaired) electrons. The third-order valence-electron chi connectivity index (χ3n) is 7.21. The first-order valence-electron chi connectivity index (χ1n) is 13.0. The van der Waals surface area contributed by atoms with Gasteiger partial charge in [-0.15, -0.1) is 0 Å². The summed E-state index contributed by atoms with van der Waals surface area (Å²) >= 11 is 17.0. The van der Waals surface area contributed by atoms with E-state index >= 15 is 0 Å². The Morgan fingerprint density at radius 2 is 1.54 bits per heavy atom. The molecule has 202 valence electrons. The first-order chi connectivity index (χ1) is 17.7. The highest BCUT2D eigenvalue weighted by Crippen LogP contribution is 2.42. The maximum Gasteiger partial charge on any atom is 0.276 e. The number of carbonyl (C=O) groups excluding carboxylic acids is 1.